The molecule has 136 valence electrons. The molecule has 0 aliphatic carbocycles. The third-order valence-electron chi connectivity index (χ3n) is 3.95. The number of nitrogens with two attached hydrogens (primary N) is 1. The Kier molecular flexibility index (Phi) is 7.11. The summed E-state index contributed by atoms with van der Waals surface area (Å²) >= 11 is 0. The standard InChI is InChI=1S/C14H21NO9/c1-6(16)23-5-10-7(2-11(17)18)8(3-12(19)20)14(15)9(24-10)4-13(21)22/h7-10,14H,2-5,15H2,1H3,(H,17,18)(H,19,20)(H,21,22)/t7-,8-,9?,10+,14-/m0/s1. The number of hydrogen-bond acceptors (Lipinski definition) is 7. The first-order valence-corrected chi connectivity index (χ1v) is 7.31. The molecule has 5 N–H and O–H groups in total. The summed E-state index contributed by atoms with van der Waals surface area (Å²) in [6.07, 6.45) is -3.28. The van der Waals surface area contributed by atoms with Crippen molar-refractivity contribution < 1.29 is 44.0 Å². The average Bonchev–Trinajstić information content (AvgIpc) is 2.42. The second-order valence-corrected chi connectivity index (χ2v) is 5.71. The van der Waals surface area contributed by atoms with Gasteiger partial charge < -0.3 is 30.5 Å². The largest absolute Gasteiger partial charge is 0.481 e. The molecule has 0 radical (unpaired) electrons. The van der Waals surface area contributed by atoms with E-state index in [4.69, 9.17) is 30.5 Å². The summed E-state index contributed by atoms with van der Waals surface area (Å²) < 4.78 is 10.4. The van der Waals surface area contributed by atoms with Crippen LogP contribution in [0.1, 0.15) is 26.2 Å². The monoisotopic (exact) mass is 347 g/mol. The van der Waals surface area contributed by atoms with E-state index >= 15 is 0 Å². The highest BCUT2D eigenvalue weighted by molar-refractivity contribution is 5.70. The predicted molar refractivity (Wildman–Crippen MR) is 77.0 cm³/mol. The van der Waals surface area contributed by atoms with Gasteiger partial charge in [-0.15, -0.1) is 0 Å². The molecule has 0 aromatic heterocycles. The minimum Gasteiger partial charge on any atom is -0.481 e. The molecule has 1 aliphatic rings. The molecule has 1 rings (SSSR count). The first-order chi connectivity index (χ1) is 11.1. The van der Waals surface area contributed by atoms with Crippen molar-refractivity contribution in [3.63, 3.8) is 0 Å². The number of aliphatic carboxylic acids is 3. The van der Waals surface area contributed by atoms with Gasteiger partial charge in [0.2, 0.25) is 0 Å². The Hall–Kier alpha value is -2.20. The lowest BCUT2D eigenvalue weighted by Crippen LogP contribution is -2.57. The van der Waals surface area contributed by atoms with Crippen LogP contribution < -0.4 is 5.73 Å². The van der Waals surface area contributed by atoms with Crippen molar-refractivity contribution in [2.75, 3.05) is 6.61 Å². The van der Waals surface area contributed by atoms with E-state index in [1.807, 2.05) is 0 Å². The van der Waals surface area contributed by atoms with Gasteiger partial charge in [-0.1, -0.05) is 0 Å². The van der Waals surface area contributed by atoms with Crippen molar-refractivity contribution >= 4 is 23.9 Å². The summed E-state index contributed by atoms with van der Waals surface area (Å²) in [6, 6.07) is -0.963. The summed E-state index contributed by atoms with van der Waals surface area (Å²) in [5, 5.41) is 27.1. The van der Waals surface area contributed by atoms with Crippen LogP contribution in [0.2, 0.25) is 0 Å². The quantitative estimate of drug-likeness (QED) is 0.411. The third kappa shape index (κ3) is 5.78. The number of carbonyl (C=O) groups excluding carboxylic acids is 1. The van der Waals surface area contributed by atoms with E-state index in [2.05, 4.69) is 0 Å². The molecule has 24 heavy (non-hydrogen) atoms. The Morgan fingerprint density at radius 3 is 1.88 bits per heavy atom. The van der Waals surface area contributed by atoms with Crippen LogP contribution in [0.5, 0.6) is 0 Å². The van der Waals surface area contributed by atoms with E-state index in [9.17, 15) is 19.2 Å². The van der Waals surface area contributed by atoms with Crippen LogP contribution in [-0.2, 0) is 28.7 Å². The van der Waals surface area contributed by atoms with E-state index in [1.54, 1.807) is 0 Å². The molecular weight excluding hydrogens is 326 g/mol. The smallest absolute Gasteiger partial charge is 0.306 e. The first-order valence-electron chi connectivity index (χ1n) is 7.31. The average molecular weight is 347 g/mol. The van der Waals surface area contributed by atoms with Crippen molar-refractivity contribution in [1.29, 1.82) is 0 Å². The molecular formula is C14H21NO9. The van der Waals surface area contributed by atoms with Gasteiger partial charge in [0.25, 0.3) is 0 Å². The molecule has 0 aromatic carbocycles. The molecule has 10 heteroatoms. The summed E-state index contributed by atoms with van der Waals surface area (Å²) in [7, 11) is 0. The second-order valence-electron chi connectivity index (χ2n) is 5.71. The number of carboxylic acid groups (broad SMARTS) is 3. The molecule has 0 spiro atoms. The van der Waals surface area contributed by atoms with Crippen LogP contribution in [0.25, 0.3) is 0 Å². The molecule has 10 nitrogen and oxygen atoms in total. The fourth-order valence-electron chi connectivity index (χ4n) is 2.95. The Labute approximate surface area is 137 Å². The maximum atomic E-state index is 11.1. The molecule has 0 amide bonds. The maximum absolute atomic E-state index is 11.1. The normalized spacial score (nSPS) is 29.7. The zero-order valence-electron chi connectivity index (χ0n) is 13.1. The van der Waals surface area contributed by atoms with Gasteiger partial charge in [-0.2, -0.15) is 0 Å². The number of carboxylic acids is 3. The lowest BCUT2D eigenvalue weighted by molar-refractivity contribution is -0.177. The fourth-order valence-corrected chi connectivity index (χ4v) is 2.95. The number of carbonyl (C=O) groups is 4. The topological polar surface area (TPSA) is 173 Å². The van der Waals surface area contributed by atoms with Gasteiger partial charge in [0, 0.05) is 18.9 Å². The number of esters is 1. The molecule has 0 aromatic rings. The highest BCUT2D eigenvalue weighted by Crippen LogP contribution is 2.36. The van der Waals surface area contributed by atoms with Crippen molar-refractivity contribution in [2.45, 2.75) is 44.4 Å². The number of rotatable bonds is 8. The Balaban J connectivity index is 3.08. The van der Waals surface area contributed by atoms with Gasteiger partial charge in [-0.05, 0) is 5.92 Å². The van der Waals surface area contributed by atoms with Crippen LogP contribution in [-0.4, -0.2) is 64.1 Å². The Bertz CT molecular complexity index is 490. The van der Waals surface area contributed by atoms with E-state index in [-0.39, 0.29) is 6.61 Å². The molecule has 5 atom stereocenters. The Morgan fingerprint density at radius 2 is 1.42 bits per heavy atom. The molecule has 1 fully saturated rings. The van der Waals surface area contributed by atoms with Crippen molar-refractivity contribution in [3.05, 3.63) is 0 Å². The van der Waals surface area contributed by atoms with E-state index in [0.29, 0.717) is 0 Å². The zero-order valence-corrected chi connectivity index (χ0v) is 13.1. The van der Waals surface area contributed by atoms with Crippen LogP contribution in [0, 0.1) is 11.8 Å². The first kappa shape index (κ1) is 19.8. The highest BCUT2D eigenvalue weighted by atomic mass is 16.6. The SMILES string of the molecule is CC(=O)OC[C@H]1OC(CC(=O)O)[C@@H](N)[C@@H](CC(=O)O)[C@@H]1CC(=O)O. The van der Waals surface area contributed by atoms with E-state index in [0.717, 1.165) is 6.92 Å². The van der Waals surface area contributed by atoms with Crippen LogP contribution in [0.3, 0.4) is 0 Å². The minimum atomic E-state index is -1.19. The van der Waals surface area contributed by atoms with Crippen molar-refractivity contribution in [2.24, 2.45) is 17.6 Å². The lowest BCUT2D eigenvalue weighted by Gasteiger charge is -2.44. The van der Waals surface area contributed by atoms with E-state index in [1.165, 1.54) is 0 Å². The van der Waals surface area contributed by atoms with Gasteiger partial charge in [0.05, 0.1) is 31.5 Å². The summed E-state index contributed by atoms with van der Waals surface area (Å²) in [5.74, 6) is -5.82. The van der Waals surface area contributed by atoms with Gasteiger partial charge in [0.1, 0.15) is 6.61 Å². The number of ether oxygens (including phenoxy) is 2. The molecule has 0 saturated carbocycles. The van der Waals surface area contributed by atoms with Crippen LogP contribution in [0.15, 0.2) is 0 Å². The van der Waals surface area contributed by atoms with Gasteiger partial charge in [-0.3, -0.25) is 19.2 Å². The minimum absolute atomic E-state index is 0.299. The van der Waals surface area contributed by atoms with Crippen LogP contribution >= 0.6 is 0 Å². The maximum Gasteiger partial charge on any atom is 0.306 e. The Morgan fingerprint density at radius 1 is 0.917 bits per heavy atom. The predicted octanol–water partition coefficient (Wildman–Crippen LogP) is -0.699. The molecule has 0 bridgehead atoms. The molecule has 1 aliphatic heterocycles. The molecule has 1 heterocycles. The van der Waals surface area contributed by atoms with Gasteiger partial charge in [0.15, 0.2) is 0 Å². The molecule has 1 saturated heterocycles. The van der Waals surface area contributed by atoms with Crippen molar-refractivity contribution in [1.82, 2.24) is 0 Å². The van der Waals surface area contributed by atoms with E-state index < -0.39 is 73.2 Å². The van der Waals surface area contributed by atoms with Crippen molar-refractivity contribution in [3.8, 4) is 0 Å². The fraction of sp³-hybridized carbons (Fsp3) is 0.714. The molecule has 1 unspecified atom stereocenters. The second kappa shape index (κ2) is 8.60. The lowest BCUT2D eigenvalue weighted by atomic mass is 9.74. The highest BCUT2D eigenvalue weighted by Gasteiger charge is 2.46. The van der Waals surface area contributed by atoms with Gasteiger partial charge >= 0.3 is 23.9 Å². The summed E-state index contributed by atoms with van der Waals surface area (Å²) in [6.45, 7) is 0.858. The number of hydrogen-bond donors (Lipinski definition) is 4. The summed E-state index contributed by atoms with van der Waals surface area (Å²) in [4.78, 5) is 44.1. The summed E-state index contributed by atoms with van der Waals surface area (Å²) in [5.41, 5.74) is 5.95. The van der Waals surface area contributed by atoms with Gasteiger partial charge in [-0.25, -0.2) is 0 Å². The van der Waals surface area contributed by atoms with Crippen LogP contribution in [0.4, 0.5) is 0 Å². The third-order valence-corrected chi connectivity index (χ3v) is 3.95. The zero-order chi connectivity index (χ0) is 18.4.